The third kappa shape index (κ3) is 4.79. The number of ether oxygens (including phenoxy) is 3. The molecule has 0 radical (unpaired) electrons. The molecule has 3 nitrogen and oxygen atoms in total. The van der Waals surface area contributed by atoms with Gasteiger partial charge in [0.15, 0.2) is 11.5 Å². The molecule has 5 atom stereocenters. The van der Waals surface area contributed by atoms with Crippen LogP contribution in [0.25, 0.3) is 0 Å². The Hall–Kier alpha value is -2.78. The lowest BCUT2D eigenvalue weighted by Crippen LogP contribution is -2.44. The molecular weight excluding hydrogens is 456 g/mol. The molecule has 3 aromatic rings. The first-order valence-corrected chi connectivity index (χ1v) is 14.3. The monoisotopic (exact) mass is 496 g/mol. The lowest BCUT2D eigenvalue weighted by atomic mass is 9.55. The summed E-state index contributed by atoms with van der Waals surface area (Å²) in [5, 5.41) is 0. The standard InChI is InChI=1S/C34H40O3/c1-3-35-32-21-29-26(20-31(32)36-22-24-10-6-4-7-11-24)14-15-28-27(29)18-19-34(2)30(28)16-17-33(34)37-23-25-12-8-5-9-13-25/h4-13,20-21,27-28,30,33H,3,14-19,22-23H2,1-2H3/t27-,28+,30-,33-,34-/m0/s1. The fraction of sp³-hybridized carbons (Fsp3) is 0.471. The molecule has 37 heavy (non-hydrogen) atoms. The van der Waals surface area contributed by atoms with Gasteiger partial charge in [-0.3, -0.25) is 0 Å². The van der Waals surface area contributed by atoms with Gasteiger partial charge < -0.3 is 14.2 Å². The molecule has 0 aliphatic heterocycles. The summed E-state index contributed by atoms with van der Waals surface area (Å²) in [5.74, 6) is 3.89. The van der Waals surface area contributed by atoms with Gasteiger partial charge in [0.2, 0.25) is 0 Å². The molecule has 3 aliphatic carbocycles. The van der Waals surface area contributed by atoms with Crippen LogP contribution in [0.1, 0.15) is 74.1 Å². The van der Waals surface area contributed by atoms with Crippen molar-refractivity contribution in [3.63, 3.8) is 0 Å². The number of fused-ring (bicyclic) bond motifs is 5. The fourth-order valence-electron chi connectivity index (χ4n) is 7.69. The highest BCUT2D eigenvalue weighted by molar-refractivity contribution is 5.50. The number of hydrogen-bond donors (Lipinski definition) is 0. The van der Waals surface area contributed by atoms with Gasteiger partial charge in [-0.2, -0.15) is 0 Å². The van der Waals surface area contributed by atoms with Crippen molar-refractivity contribution < 1.29 is 14.2 Å². The molecule has 0 spiro atoms. The molecule has 3 heteroatoms. The van der Waals surface area contributed by atoms with Gasteiger partial charge in [-0.15, -0.1) is 0 Å². The summed E-state index contributed by atoms with van der Waals surface area (Å²) in [6.45, 7) is 6.53. The maximum Gasteiger partial charge on any atom is 0.161 e. The van der Waals surface area contributed by atoms with E-state index >= 15 is 0 Å². The molecule has 6 rings (SSSR count). The minimum atomic E-state index is 0.287. The van der Waals surface area contributed by atoms with Crippen LogP contribution >= 0.6 is 0 Å². The number of hydrogen-bond acceptors (Lipinski definition) is 3. The average Bonchev–Trinajstić information content (AvgIpc) is 3.28. The Bertz CT molecular complexity index is 1190. The molecule has 3 aromatic carbocycles. The third-order valence-corrected chi connectivity index (χ3v) is 9.53. The first-order chi connectivity index (χ1) is 18.2. The number of benzene rings is 3. The minimum absolute atomic E-state index is 0.287. The number of rotatable bonds is 8. The minimum Gasteiger partial charge on any atom is -0.490 e. The van der Waals surface area contributed by atoms with E-state index in [9.17, 15) is 0 Å². The van der Waals surface area contributed by atoms with Crippen LogP contribution in [-0.4, -0.2) is 12.7 Å². The second kappa shape index (κ2) is 10.5. The van der Waals surface area contributed by atoms with Crippen molar-refractivity contribution in [3.8, 4) is 11.5 Å². The van der Waals surface area contributed by atoms with E-state index in [1.54, 1.807) is 0 Å². The van der Waals surface area contributed by atoms with Gasteiger partial charge in [0.1, 0.15) is 6.61 Å². The van der Waals surface area contributed by atoms with Crippen LogP contribution in [0.5, 0.6) is 11.5 Å². The SMILES string of the molecule is CCOc1cc2c(cc1OCc1ccccc1)CC[C@@H]1[C@@H]2CC[C@]2(C)[C@@H](OCc3ccccc3)CC[C@@H]12. The summed E-state index contributed by atoms with van der Waals surface area (Å²) in [7, 11) is 0. The highest BCUT2D eigenvalue weighted by Gasteiger charge is 2.55. The van der Waals surface area contributed by atoms with Crippen molar-refractivity contribution >= 4 is 0 Å². The quantitative estimate of drug-likeness (QED) is 0.315. The van der Waals surface area contributed by atoms with E-state index in [1.165, 1.54) is 54.4 Å². The number of aryl methyl sites for hydroxylation is 1. The van der Waals surface area contributed by atoms with Crippen molar-refractivity contribution in [1.29, 1.82) is 0 Å². The maximum absolute atomic E-state index is 6.60. The second-order valence-electron chi connectivity index (χ2n) is 11.5. The van der Waals surface area contributed by atoms with E-state index in [4.69, 9.17) is 14.2 Å². The Morgan fingerprint density at radius 1 is 0.784 bits per heavy atom. The topological polar surface area (TPSA) is 27.7 Å². The van der Waals surface area contributed by atoms with Gasteiger partial charge in [-0.25, -0.2) is 0 Å². The smallest absolute Gasteiger partial charge is 0.161 e. The van der Waals surface area contributed by atoms with E-state index in [-0.39, 0.29) is 5.41 Å². The zero-order valence-electron chi connectivity index (χ0n) is 22.3. The van der Waals surface area contributed by atoms with Gasteiger partial charge >= 0.3 is 0 Å². The summed E-state index contributed by atoms with van der Waals surface area (Å²) < 4.78 is 19.0. The first kappa shape index (κ1) is 24.6. The first-order valence-electron chi connectivity index (χ1n) is 14.3. The predicted octanol–water partition coefficient (Wildman–Crippen LogP) is 8.11. The molecule has 0 bridgehead atoms. The Morgan fingerprint density at radius 3 is 2.22 bits per heavy atom. The molecule has 0 saturated heterocycles. The molecule has 0 amide bonds. The summed E-state index contributed by atoms with van der Waals surface area (Å²) in [6, 6.07) is 25.7. The summed E-state index contributed by atoms with van der Waals surface area (Å²) in [4.78, 5) is 0. The van der Waals surface area contributed by atoms with Gasteiger partial charge in [0.05, 0.1) is 19.3 Å². The lowest BCUT2D eigenvalue weighted by molar-refractivity contribution is -0.0707. The van der Waals surface area contributed by atoms with Crippen LogP contribution in [0.15, 0.2) is 72.8 Å². The molecular formula is C34H40O3. The van der Waals surface area contributed by atoms with Crippen LogP contribution in [-0.2, 0) is 24.4 Å². The van der Waals surface area contributed by atoms with Gasteiger partial charge in [-0.1, -0.05) is 67.6 Å². The van der Waals surface area contributed by atoms with Crippen LogP contribution < -0.4 is 9.47 Å². The van der Waals surface area contributed by atoms with Crippen molar-refractivity contribution in [1.82, 2.24) is 0 Å². The van der Waals surface area contributed by atoms with Crippen LogP contribution in [0.2, 0.25) is 0 Å². The van der Waals surface area contributed by atoms with Crippen molar-refractivity contribution in [2.24, 2.45) is 17.3 Å². The summed E-state index contributed by atoms with van der Waals surface area (Å²) in [5.41, 5.74) is 5.73. The zero-order chi connectivity index (χ0) is 25.2. The molecule has 2 saturated carbocycles. The molecule has 0 N–H and O–H groups in total. The Morgan fingerprint density at radius 2 is 1.49 bits per heavy atom. The largest absolute Gasteiger partial charge is 0.490 e. The molecule has 2 fully saturated rings. The van der Waals surface area contributed by atoms with E-state index < -0.39 is 0 Å². The molecule has 0 unspecified atom stereocenters. The summed E-state index contributed by atoms with van der Waals surface area (Å²) in [6.07, 6.45) is 7.75. The Balaban J connectivity index is 1.20. The van der Waals surface area contributed by atoms with Gasteiger partial charge in [0, 0.05) is 0 Å². The van der Waals surface area contributed by atoms with Gasteiger partial charge in [-0.05, 0) is 103 Å². The van der Waals surface area contributed by atoms with Crippen molar-refractivity contribution in [2.75, 3.05) is 6.61 Å². The third-order valence-electron chi connectivity index (χ3n) is 9.53. The van der Waals surface area contributed by atoms with Crippen LogP contribution in [0.4, 0.5) is 0 Å². The summed E-state index contributed by atoms with van der Waals surface area (Å²) >= 11 is 0. The average molecular weight is 497 g/mol. The Labute approximate surface area is 222 Å². The molecule has 0 heterocycles. The lowest BCUT2D eigenvalue weighted by Gasteiger charge is -2.50. The van der Waals surface area contributed by atoms with Crippen LogP contribution in [0, 0.1) is 17.3 Å². The highest BCUT2D eigenvalue weighted by atomic mass is 16.5. The fourth-order valence-corrected chi connectivity index (χ4v) is 7.69. The van der Waals surface area contributed by atoms with Crippen molar-refractivity contribution in [2.45, 2.75) is 77.6 Å². The van der Waals surface area contributed by atoms with E-state index in [0.29, 0.717) is 25.2 Å². The van der Waals surface area contributed by atoms with Crippen molar-refractivity contribution in [3.05, 3.63) is 95.1 Å². The molecule has 0 aromatic heterocycles. The van der Waals surface area contributed by atoms with Gasteiger partial charge in [0.25, 0.3) is 0 Å². The molecule has 3 aliphatic rings. The zero-order valence-corrected chi connectivity index (χ0v) is 22.3. The van der Waals surface area contributed by atoms with Crippen LogP contribution in [0.3, 0.4) is 0 Å². The maximum atomic E-state index is 6.60. The normalized spacial score (nSPS) is 28.2. The van der Waals surface area contributed by atoms with E-state index in [1.807, 2.05) is 6.07 Å². The van der Waals surface area contributed by atoms with E-state index in [0.717, 1.165) is 36.4 Å². The Kier molecular flexibility index (Phi) is 6.99. The predicted molar refractivity (Wildman–Crippen MR) is 148 cm³/mol. The van der Waals surface area contributed by atoms with E-state index in [2.05, 4.69) is 80.6 Å². The second-order valence-corrected chi connectivity index (χ2v) is 11.5. The molecule has 194 valence electrons. The highest BCUT2D eigenvalue weighted by Crippen LogP contribution is 2.62.